The van der Waals surface area contributed by atoms with Gasteiger partial charge in [-0.05, 0) is 35.9 Å². The number of aromatic nitrogens is 1. The zero-order chi connectivity index (χ0) is 20.0. The van der Waals surface area contributed by atoms with Crippen LogP contribution in [-0.4, -0.2) is 34.7 Å². The maximum atomic E-state index is 14.3. The molecular weight excluding hydrogens is 407 g/mol. The first-order chi connectivity index (χ1) is 14.1. The lowest BCUT2D eigenvalue weighted by Crippen LogP contribution is -2.34. The summed E-state index contributed by atoms with van der Waals surface area (Å²) in [5, 5.41) is 5.93. The van der Waals surface area contributed by atoms with Crippen molar-refractivity contribution in [2.24, 2.45) is 15.9 Å². The lowest BCUT2D eigenvalue weighted by molar-refractivity contribution is 0.501. The van der Waals surface area contributed by atoms with E-state index in [9.17, 15) is 4.39 Å². The molecule has 0 aliphatic carbocycles. The van der Waals surface area contributed by atoms with Gasteiger partial charge in [0.2, 0.25) is 0 Å². The molecule has 1 aromatic heterocycles. The molecule has 29 heavy (non-hydrogen) atoms. The third-order valence-electron chi connectivity index (χ3n) is 5.54. The second kappa shape index (κ2) is 7.59. The van der Waals surface area contributed by atoms with E-state index >= 15 is 0 Å². The van der Waals surface area contributed by atoms with Crippen LogP contribution in [0, 0.1) is 11.7 Å². The summed E-state index contributed by atoms with van der Waals surface area (Å²) in [5.74, 6) is -0.0188. The Morgan fingerprint density at radius 3 is 2.90 bits per heavy atom. The average Bonchev–Trinajstić information content (AvgIpc) is 3.31. The highest BCUT2D eigenvalue weighted by molar-refractivity contribution is 8.00. The molecule has 3 aromatic rings. The van der Waals surface area contributed by atoms with Crippen molar-refractivity contribution < 1.29 is 4.39 Å². The normalized spacial score (nSPS) is 26.4. The van der Waals surface area contributed by atoms with Crippen LogP contribution in [0.5, 0.6) is 0 Å². The zero-order valence-corrected chi connectivity index (χ0v) is 17.3. The third kappa shape index (κ3) is 3.50. The fraction of sp³-hybridized carbons (Fsp3) is 0.273. The number of nitrogens with one attached hydrogen (secondary N) is 2. The molecule has 1 fully saturated rings. The number of nitrogens with zero attached hydrogens (tertiary/aromatic N) is 2. The van der Waals surface area contributed by atoms with Gasteiger partial charge in [0, 0.05) is 34.3 Å². The molecule has 7 heteroatoms. The van der Waals surface area contributed by atoms with Gasteiger partial charge >= 0.3 is 0 Å². The van der Waals surface area contributed by atoms with Gasteiger partial charge in [0.25, 0.3) is 0 Å². The van der Waals surface area contributed by atoms with Crippen molar-refractivity contribution in [1.29, 1.82) is 0 Å². The molecule has 0 radical (unpaired) electrons. The number of halogens is 2. The Morgan fingerprint density at radius 1 is 1.21 bits per heavy atom. The van der Waals surface area contributed by atoms with E-state index in [1.807, 2.05) is 24.0 Å². The molecule has 1 saturated heterocycles. The van der Waals surface area contributed by atoms with Crippen molar-refractivity contribution in [3.8, 4) is 11.3 Å². The number of hydrogen-bond acceptors (Lipinski definition) is 4. The molecule has 4 atom stereocenters. The number of benzene rings is 2. The van der Waals surface area contributed by atoms with Gasteiger partial charge in [0.1, 0.15) is 12.2 Å². The van der Waals surface area contributed by atoms with Gasteiger partial charge in [-0.1, -0.05) is 30.7 Å². The Balaban J connectivity index is 1.44. The van der Waals surface area contributed by atoms with Crippen LogP contribution in [0.4, 0.5) is 4.39 Å². The van der Waals surface area contributed by atoms with Crippen LogP contribution < -0.4 is 5.32 Å². The molecule has 0 bridgehead atoms. The molecule has 2 aromatic carbocycles. The van der Waals surface area contributed by atoms with Gasteiger partial charge in [-0.2, -0.15) is 0 Å². The van der Waals surface area contributed by atoms with Crippen LogP contribution in [-0.2, 0) is 0 Å². The first-order valence-electron chi connectivity index (χ1n) is 9.60. The number of hydrogen-bond donors (Lipinski definition) is 2. The van der Waals surface area contributed by atoms with E-state index in [0.717, 1.165) is 17.4 Å². The van der Waals surface area contributed by atoms with Crippen molar-refractivity contribution in [3.05, 3.63) is 58.9 Å². The van der Waals surface area contributed by atoms with Gasteiger partial charge in [0.05, 0.1) is 28.2 Å². The molecule has 3 heterocycles. The van der Waals surface area contributed by atoms with Crippen molar-refractivity contribution in [3.63, 3.8) is 0 Å². The molecule has 2 aliphatic rings. The van der Waals surface area contributed by atoms with Crippen molar-refractivity contribution in [2.75, 3.05) is 6.54 Å². The lowest BCUT2D eigenvalue weighted by atomic mass is 10.0. The molecule has 5 rings (SSSR count). The number of H-pyrrole nitrogens is 1. The minimum Gasteiger partial charge on any atom is -0.354 e. The molecule has 0 spiro atoms. The number of aromatic amines is 1. The smallest absolute Gasteiger partial charge is 0.134 e. The summed E-state index contributed by atoms with van der Waals surface area (Å²) in [6.45, 7) is 3.02. The van der Waals surface area contributed by atoms with Crippen LogP contribution in [0.25, 0.3) is 22.2 Å². The second-order valence-electron chi connectivity index (χ2n) is 7.48. The number of thioether (sulfide) groups is 1. The van der Waals surface area contributed by atoms with Crippen LogP contribution in [0.1, 0.15) is 18.5 Å². The average molecular weight is 427 g/mol. The van der Waals surface area contributed by atoms with Crippen LogP contribution in [0.15, 0.2) is 52.4 Å². The number of fused-ring (bicyclic) bond motifs is 1. The quantitative estimate of drug-likeness (QED) is 0.585. The Bertz CT molecular complexity index is 1100. The molecule has 0 saturated carbocycles. The summed E-state index contributed by atoms with van der Waals surface area (Å²) >= 11 is 8.18. The molecule has 148 valence electrons. The van der Waals surface area contributed by atoms with Crippen LogP contribution in [0.2, 0.25) is 5.02 Å². The van der Waals surface area contributed by atoms with Crippen LogP contribution in [0.3, 0.4) is 0 Å². The zero-order valence-electron chi connectivity index (χ0n) is 15.8. The van der Waals surface area contributed by atoms with Crippen molar-refractivity contribution in [1.82, 2.24) is 10.3 Å². The predicted molar refractivity (Wildman–Crippen MR) is 121 cm³/mol. The van der Waals surface area contributed by atoms with Gasteiger partial charge in [0.15, 0.2) is 0 Å². The van der Waals surface area contributed by atoms with E-state index in [2.05, 4.69) is 45.4 Å². The molecule has 2 N–H and O–H groups in total. The van der Waals surface area contributed by atoms with E-state index in [4.69, 9.17) is 11.6 Å². The van der Waals surface area contributed by atoms with E-state index in [0.29, 0.717) is 32.8 Å². The molecular formula is C22H20ClFN4S. The highest BCUT2D eigenvalue weighted by Crippen LogP contribution is 2.40. The van der Waals surface area contributed by atoms with Gasteiger partial charge in [-0.15, -0.1) is 11.8 Å². The van der Waals surface area contributed by atoms with Crippen molar-refractivity contribution >= 4 is 46.8 Å². The summed E-state index contributed by atoms with van der Waals surface area (Å²) in [6, 6.07) is 13.3. The Morgan fingerprint density at radius 2 is 2.10 bits per heavy atom. The fourth-order valence-corrected chi connectivity index (χ4v) is 5.78. The summed E-state index contributed by atoms with van der Waals surface area (Å²) in [7, 11) is 0. The SMILES string of the molecule is CC1SC(C2C=NC=NC2)NC1c1ccc2[nH]c(-c3c(F)cccc3Cl)cc2c1. The van der Waals surface area contributed by atoms with Crippen molar-refractivity contribution in [2.45, 2.75) is 23.6 Å². The van der Waals surface area contributed by atoms with E-state index in [1.54, 1.807) is 18.5 Å². The fourth-order valence-electron chi connectivity index (χ4n) is 4.07. The molecule has 4 nitrogen and oxygen atoms in total. The maximum absolute atomic E-state index is 14.3. The topological polar surface area (TPSA) is 52.5 Å². The molecule has 0 amide bonds. The van der Waals surface area contributed by atoms with E-state index < -0.39 is 0 Å². The van der Waals surface area contributed by atoms with Gasteiger partial charge in [-0.3, -0.25) is 10.3 Å². The van der Waals surface area contributed by atoms with Gasteiger partial charge in [-0.25, -0.2) is 9.38 Å². The summed E-state index contributed by atoms with van der Waals surface area (Å²) in [5.41, 5.74) is 3.29. The summed E-state index contributed by atoms with van der Waals surface area (Å²) in [6.07, 6.45) is 3.61. The Hall–Kier alpha value is -2.15. The maximum Gasteiger partial charge on any atom is 0.134 e. The first-order valence-corrected chi connectivity index (χ1v) is 10.9. The third-order valence-corrected chi connectivity index (χ3v) is 7.34. The summed E-state index contributed by atoms with van der Waals surface area (Å²) in [4.78, 5) is 11.8. The number of aliphatic imine (C=N–C) groups is 2. The molecule has 4 unspecified atom stereocenters. The minimum atomic E-state index is -0.327. The minimum absolute atomic E-state index is 0.240. The second-order valence-corrected chi connectivity index (χ2v) is 9.41. The van der Waals surface area contributed by atoms with E-state index in [1.165, 1.54) is 11.6 Å². The first kappa shape index (κ1) is 18.9. The predicted octanol–water partition coefficient (Wildman–Crippen LogP) is 5.45. The number of rotatable bonds is 3. The Labute approximate surface area is 177 Å². The Kier molecular flexibility index (Phi) is 4.94. The largest absolute Gasteiger partial charge is 0.354 e. The monoisotopic (exact) mass is 426 g/mol. The summed E-state index contributed by atoms with van der Waals surface area (Å²) < 4.78 is 14.3. The van der Waals surface area contributed by atoms with E-state index in [-0.39, 0.29) is 11.9 Å². The van der Waals surface area contributed by atoms with Crippen LogP contribution >= 0.6 is 23.4 Å². The highest BCUT2D eigenvalue weighted by Gasteiger charge is 2.36. The molecule has 2 aliphatic heterocycles. The lowest BCUT2D eigenvalue weighted by Gasteiger charge is -2.20. The highest BCUT2D eigenvalue weighted by atomic mass is 35.5. The standard InChI is InChI=1S/C22H20ClFN4S/c1-12-21(28-22(29-12)15-9-25-11-26-10-15)13-5-6-18-14(7-13)8-19(27-18)20-16(23)3-2-4-17(20)24/h2-9,11-12,15,21-22,27-28H,10H2,1H3. The van der Waals surface area contributed by atoms with Gasteiger partial charge < -0.3 is 4.98 Å².